The molecule has 0 fully saturated rings. The van der Waals surface area contributed by atoms with E-state index in [-0.39, 0.29) is 17.1 Å². The van der Waals surface area contributed by atoms with Crippen molar-refractivity contribution in [3.8, 4) is 0 Å². The molecule has 2 aromatic rings. The quantitative estimate of drug-likeness (QED) is 0.821. The summed E-state index contributed by atoms with van der Waals surface area (Å²) in [6, 6.07) is 10.1. The summed E-state index contributed by atoms with van der Waals surface area (Å²) in [5, 5.41) is 14.5. The third kappa shape index (κ3) is 4.29. The van der Waals surface area contributed by atoms with Crippen LogP contribution < -0.4 is 5.32 Å². The maximum atomic E-state index is 12.1. The van der Waals surface area contributed by atoms with Gasteiger partial charge in [-0.25, -0.2) is 4.68 Å². The third-order valence-electron chi connectivity index (χ3n) is 3.18. The molecular formula is C14H19N5OS. The highest BCUT2D eigenvalue weighted by Gasteiger charge is 2.18. The van der Waals surface area contributed by atoms with E-state index in [2.05, 4.69) is 39.9 Å². The average Bonchev–Trinajstić information content (AvgIpc) is 2.90. The number of carbonyl (C=O) groups excluding carboxylic acids is 1. The van der Waals surface area contributed by atoms with Crippen LogP contribution in [0, 0.1) is 0 Å². The highest BCUT2D eigenvalue weighted by atomic mass is 32.2. The van der Waals surface area contributed by atoms with Crippen molar-refractivity contribution < 1.29 is 4.79 Å². The van der Waals surface area contributed by atoms with Crippen LogP contribution in [0.5, 0.6) is 0 Å². The summed E-state index contributed by atoms with van der Waals surface area (Å²) in [7, 11) is 1.75. The average molecular weight is 305 g/mol. The topological polar surface area (TPSA) is 72.7 Å². The molecule has 2 atom stereocenters. The Kier molecular flexibility index (Phi) is 5.32. The number of amides is 1. The van der Waals surface area contributed by atoms with Crippen molar-refractivity contribution in [2.24, 2.45) is 7.05 Å². The Morgan fingerprint density at radius 1 is 1.33 bits per heavy atom. The molecule has 6 nitrogen and oxygen atoms in total. The molecule has 0 aliphatic rings. The highest BCUT2D eigenvalue weighted by Crippen LogP contribution is 2.19. The van der Waals surface area contributed by atoms with Gasteiger partial charge in [0.25, 0.3) is 0 Å². The van der Waals surface area contributed by atoms with E-state index in [9.17, 15) is 4.79 Å². The van der Waals surface area contributed by atoms with Crippen molar-refractivity contribution in [3.63, 3.8) is 0 Å². The molecule has 0 aliphatic heterocycles. The van der Waals surface area contributed by atoms with Crippen LogP contribution in [0.25, 0.3) is 0 Å². The van der Waals surface area contributed by atoms with Gasteiger partial charge in [0.05, 0.1) is 5.25 Å². The first kappa shape index (κ1) is 15.5. The Bertz CT molecular complexity index is 586. The van der Waals surface area contributed by atoms with Gasteiger partial charge in [-0.3, -0.25) is 4.79 Å². The number of tetrazole rings is 1. The normalized spacial score (nSPS) is 13.7. The van der Waals surface area contributed by atoms with Crippen LogP contribution in [0.15, 0.2) is 35.5 Å². The SMILES string of the molecule is C[C@H](CNC(=O)[C@@H](C)Sc1nnnn1C)c1ccccc1. The summed E-state index contributed by atoms with van der Waals surface area (Å²) in [5.74, 6) is 0.273. The molecule has 1 amide bonds. The smallest absolute Gasteiger partial charge is 0.233 e. The van der Waals surface area contributed by atoms with E-state index in [1.807, 2.05) is 25.1 Å². The zero-order valence-electron chi connectivity index (χ0n) is 12.4. The van der Waals surface area contributed by atoms with E-state index in [4.69, 9.17) is 0 Å². The number of nitrogens with one attached hydrogen (secondary N) is 1. The Morgan fingerprint density at radius 3 is 2.67 bits per heavy atom. The van der Waals surface area contributed by atoms with Crippen LogP contribution >= 0.6 is 11.8 Å². The van der Waals surface area contributed by atoms with E-state index in [1.165, 1.54) is 17.3 Å². The number of aromatic nitrogens is 4. The zero-order chi connectivity index (χ0) is 15.2. The number of thioether (sulfide) groups is 1. The molecule has 1 N–H and O–H groups in total. The Hall–Kier alpha value is -1.89. The number of hydrogen-bond donors (Lipinski definition) is 1. The third-order valence-corrected chi connectivity index (χ3v) is 4.31. The molecule has 0 aliphatic carbocycles. The summed E-state index contributed by atoms with van der Waals surface area (Å²) in [6.07, 6.45) is 0. The second-order valence-electron chi connectivity index (χ2n) is 4.90. The second kappa shape index (κ2) is 7.21. The lowest BCUT2D eigenvalue weighted by atomic mass is 10.0. The van der Waals surface area contributed by atoms with Gasteiger partial charge in [-0.05, 0) is 28.8 Å². The van der Waals surface area contributed by atoms with Gasteiger partial charge in [0.1, 0.15) is 0 Å². The summed E-state index contributed by atoms with van der Waals surface area (Å²) >= 11 is 1.35. The van der Waals surface area contributed by atoms with Gasteiger partial charge in [0.15, 0.2) is 0 Å². The fourth-order valence-corrected chi connectivity index (χ4v) is 2.61. The molecular weight excluding hydrogens is 286 g/mol. The van der Waals surface area contributed by atoms with Crippen LogP contribution in [0.3, 0.4) is 0 Å². The summed E-state index contributed by atoms with van der Waals surface area (Å²) in [6.45, 7) is 4.56. The predicted octanol–water partition coefficient (Wildman–Crippen LogP) is 1.61. The van der Waals surface area contributed by atoms with Crippen molar-refractivity contribution in [1.29, 1.82) is 0 Å². The number of benzene rings is 1. The Labute approximate surface area is 128 Å². The first-order chi connectivity index (χ1) is 10.1. The monoisotopic (exact) mass is 305 g/mol. The molecule has 112 valence electrons. The predicted molar refractivity (Wildman–Crippen MR) is 82.0 cm³/mol. The lowest BCUT2D eigenvalue weighted by Crippen LogP contribution is -2.33. The van der Waals surface area contributed by atoms with Crippen molar-refractivity contribution in [2.75, 3.05) is 6.54 Å². The molecule has 1 aromatic heterocycles. The van der Waals surface area contributed by atoms with E-state index >= 15 is 0 Å². The second-order valence-corrected chi connectivity index (χ2v) is 6.21. The standard InChI is InChI=1S/C14H19N5OS/c1-10(12-7-5-4-6-8-12)9-15-13(20)11(2)21-14-16-17-18-19(14)3/h4-8,10-11H,9H2,1-3H3,(H,15,20)/t10-,11-/m1/s1. The first-order valence-corrected chi connectivity index (χ1v) is 7.67. The lowest BCUT2D eigenvalue weighted by Gasteiger charge is -2.15. The van der Waals surface area contributed by atoms with Crippen LogP contribution in [0.1, 0.15) is 25.3 Å². The highest BCUT2D eigenvalue weighted by molar-refractivity contribution is 8.00. The van der Waals surface area contributed by atoms with E-state index in [1.54, 1.807) is 11.7 Å². The number of carbonyl (C=O) groups is 1. The van der Waals surface area contributed by atoms with Gasteiger partial charge in [-0.15, -0.1) is 5.10 Å². The van der Waals surface area contributed by atoms with Crippen LogP contribution in [-0.4, -0.2) is 37.9 Å². The van der Waals surface area contributed by atoms with Gasteiger partial charge in [-0.2, -0.15) is 0 Å². The van der Waals surface area contributed by atoms with Crippen LogP contribution in [-0.2, 0) is 11.8 Å². The maximum absolute atomic E-state index is 12.1. The summed E-state index contributed by atoms with van der Waals surface area (Å²) in [5.41, 5.74) is 1.22. The van der Waals surface area contributed by atoms with Crippen LogP contribution in [0.4, 0.5) is 0 Å². The largest absolute Gasteiger partial charge is 0.355 e. The van der Waals surface area contributed by atoms with Gasteiger partial charge in [0, 0.05) is 13.6 Å². The van der Waals surface area contributed by atoms with Gasteiger partial charge in [-0.1, -0.05) is 49.0 Å². The first-order valence-electron chi connectivity index (χ1n) is 6.79. The maximum Gasteiger partial charge on any atom is 0.233 e. The summed E-state index contributed by atoms with van der Waals surface area (Å²) in [4.78, 5) is 12.1. The molecule has 0 radical (unpaired) electrons. The van der Waals surface area contributed by atoms with Gasteiger partial charge < -0.3 is 5.32 Å². The zero-order valence-corrected chi connectivity index (χ0v) is 13.2. The molecule has 0 unspecified atom stereocenters. The van der Waals surface area contributed by atoms with Gasteiger partial charge >= 0.3 is 0 Å². The number of aryl methyl sites for hydroxylation is 1. The molecule has 0 saturated carbocycles. The molecule has 0 spiro atoms. The number of rotatable bonds is 6. The molecule has 7 heteroatoms. The molecule has 1 aromatic carbocycles. The number of hydrogen-bond acceptors (Lipinski definition) is 5. The van der Waals surface area contributed by atoms with E-state index in [0.717, 1.165) is 0 Å². The van der Waals surface area contributed by atoms with E-state index in [0.29, 0.717) is 11.7 Å². The van der Waals surface area contributed by atoms with Crippen molar-refractivity contribution in [2.45, 2.75) is 30.2 Å². The fraction of sp³-hybridized carbons (Fsp3) is 0.429. The minimum atomic E-state index is -0.238. The lowest BCUT2D eigenvalue weighted by molar-refractivity contribution is -0.120. The molecule has 21 heavy (non-hydrogen) atoms. The molecule has 0 saturated heterocycles. The Balaban J connectivity index is 1.83. The molecule has 0 bridgehead atoms. The fourth-order valence-electron chi connectivity index (χ4n) is 1.83. The van der Waals surface area contributed by atoms with E-state index < -0.39 is 0 Å². The minimum Gasteiger partial charge on any atom is -0.355 e. The van der Waals surface area contributed by atoms with Crippen molar-refractivity contribution in [3.05, 3.63) is 35.9 Å². The number of nitrogens with zero attached hydrogens (tertiary/aromatic N) is 4. The van der Waals surface area contributed by atoms with Crippen LogP contribution in [0.2, 0.25) is 0 Å². The molecule has 2 rings (SSSR count). The summed E-state index contributed by atoms with van der Waals surface area (Å²) < 4.78 is 1.56. The van der Waals surface area contributed by atoms with Crippen molar-refractivity contribution >= 4 is 17.7 Å². The minimum absolute atomic E-state index is 0.00854. The Morgan fingerprint density at radius 2 is 2.05 bits per heavy atom. The molecule has 1 heterocycles. The van der Waals surface area contributed by atoms with Gasteiger partial charge in [0.2, 0.25) is 11.1 Å². The van der Waals surface area contributed by atoms with Crippen molar-refractivity contribution in [1.82, 2.24) is 25.5 Å².